The van der Waals surface area contributed by atoms with Crippen molar-refractivity contribution < 1.29 is 27.5 Å². The van der Waals surface area contributed by atoms with E-state index in [1.54, 1.807) is 0 Å². The molecule has 0 spiro atoms. The minimum absolute atomic E-state index is 0.0419. The van der Waals surface area contributed by atoms with E-state index >= 15 is 0 Å². The maximum atomic E-state index is 14.5. The number of halogens is 4. The van der Waals surface area contributed by atoms with Gasteiger partial charge in [-0.05, 0) is 50.4 Å². The molecular weight excluding hydrogens is 454 g/mol. The molecule has 1 heterocycles. The van der Waals surface area contributed by atoms with Gasteiger partial charge in [-0.1, -0.05) is 20.8 Å². The monoisotopic (exact) mass is 493 g/mol. The first-order valence-corrected chi connectivity index (χ1v) is 12.3. The summed E-state index contributed by atoms with van der Waals surface area (Å²) < 4.78 is 53.3. The molecule has 0 bridgehead atoms. The third kappa shape index (κ3) is 7.78. The third-order valence-corrected chi connectivity index (χ3v) is 7.07. The van der Waals surface area contributed by atoms with Gasteiger partial charge in [-0.25, -0.2) is 9.82 Å². The maximum Gasteiger partial charge on any atom is 0.391 e. The van der Waals surface area contributed by atoms with Crippen LogP contribution in [0.3, 0.4) is 0 Å². The summed E-state index contributed by atoms with van der Waals surface area (Å²) in [6, 6.07) is -0.128. The summed E-state index contributed by atoms with van der Waals surface area (Å²) in [4.78, 5) is 17.4. The molecule has 0 radical (unpaired) electrons. The molecule has 1 amide bonds. The van der Waals surface area contributed by atoms with Crippen molar-refractivity contribution in [1.29, 1.82) is 0 Å². The minimum Gasteiger partial charge on any atom is -0.393 e. The Morgan fingerprint density at radius 1 is 1.03 bits per heavy atom. The highest BCUT2D eigenvalue weighted by molar-refractivity contribution is 5.98. The fraction of sp³-hybridized carbons (Fsp3) is 0.913. The fourth-order valence-electron chi connectivity index (χ4n) is 5.03. The molecule has 3 aliphatic rings. The van der Waals surface area contributed by atoms with Gasteiger partial charge in [0.25, 0.3) is 0 Å². The fourth-order valence-corrected chi connectivity index (χ4v) is 5.03. The standard InChI is InChI=1S/C23H39F4N5O2/c1-22(2,3)12-28-21(30-20(34)13-4-6-14(7-5-13)23(25,26)27)29-19-11-18(31-32-19)16-9-8-15(33)10-17(16)24/h13-19,31-33H,4-12H2,1-3H3,(H2,28,29,30,34). The number of hydrazine groups is 1. The topological polar surface area (TPSA) is 97.8 Å². The predicted octanol–water partition coefficient (Wildman–Crippen LogP) is 3.15. The van der Waals surface area contributed by atoms with Crippen LogP contribution in [0.5, 0.6) is 0 Å². The molecule has 1 saturated heterocycles. The van der Waals surface area contributed by atoms with Gasteiger partial charge in [0, 0.05) is 30.8 Å². The molecule has 5 N–H and O–H groups in total. The molecule has 3 fully saturated rings. The predicted molar refractivity (Wildman–Crippen MR) is 121 cm³/mol. The van der Waals surface area contributed by atoms with E-state index in [4.69, 9.17) is 0 Å². The Morgan fingerprint density at radius 3 is 2.29 bits per heavy atom. The van der Waals surface area contributed by atoms with Crippen molar-refractivity contribution in [2.24, 2.45) is 28.2 Å². The normalized spacial score (nSPS) is 35.8. The SMILES string of the molecule is CC(C)(C)CN=C(NC(=O)C1CCC(C(F)(F)F)CC1)NC1CC(C2CCC(O)CC2F)NN1. The molecule has 11 heteroatoms. The van der Waals surface area contributed by atoms with E-state index in [-0.39, 0.29) is 67.5 Å². The molecule has 2 aliphatic carbocycles. The molecule has 0 aromatic rings. The minimum atomic E-state index is -4.21. The molecule has 34 heavy (non-hydrogen) atoms. The van der Waals surface area contributed by atoms with Crippen LogP contribution in [0.15, 0.2) is 4.99 Å². The molecule has 3 rings (SSSR count). The van der Waals surface area contributed by atoms with Gasteiger partial charge >= 0.3 is 6.18 Å². The third-order valence-electron chi connectivity index (χ3n) is 7.07. The maximum absolute atomic E-state index is 14.5. The summed E-state index contributed by atoms with van der Waals surface area (Å²) in [6.45, 7) is 6.48. The smallest absolute Gasteiger partial charge is 0.391 e. The lowest BCUT2D eigenvalue weighted by atomic mass is 9.80. The zero-order chi connectivity index (χ0) is 25.1. The summed E-state index contributed by atoms with van der Waals surface area (Å²) >= 11 is 0. The van der Waals surface area contributed by atoms with Crippen LogP contribution in [-0.4, -0.2) is 54.2 Å². The van der Waals surface area contributed by atoms with Gasteiger partial charge in [0.1, 0.15) is 6.17 Å². The number of alkyl halides is 4. The number of nitrogens with zero attached hydrogens (tertiary/aromatic N) is 1. The van der Waals surface area contributed by atoms with Gasteiger partial charge in [-0.15, -0.1) is 0 Å². The molecule has 7 nitrogen and oxygen atoms in total. The van der Waals surface area contributed by atoms with Crippen molar-refractivity contribution >= 4 is 11.9 Å². The first-order chi connectivity index (χ1) is 15.8. The number of amides is 1. The second kappa shape index (κ2) is 11.1. The van der Waals surface area contributed by atoms with Crippen LogP contribution in [0.1, 0.15) is 72.1 Å². The van der Waals surface area contributed by atoms with Gasteiger partial charge in [0.05, 0.1) is 18.2 Å². The molecular formula is C23H39F4N5O2. The highest BCUT2D eigenvalue weighted by Crippen LogP contribution is 2.39. The molecule has 5 unspecified atom stereocenters. The van der Waals surface area contributed by atoms with Crippen LogP contribution in [0, 0.1) is 23.2 Å². The lowest BCUT2D eigenvalue weighted by Crippen LogP contribution is -2.52. The molecule has 196 valence electrons. The van der Waals surface area contributed by atoms with E-state index < -0.39 is 30.3 Å². The van der Waals surface area contributed by atoms with E-state index in [0.29, 0.717) is 25.8 Å². The number of carbonyl (C=O) groups is 1. The van der Waals surface area contributed by atoms with Crippen molar-refractivity contribution in [3.05, 3.63) is 0 Å². The number of aliphatic hydroxyl groups is 1. The van der Waals surface area contributed by atoms with E-state index in [9.17, 15) is 27.5 Å². The van der Waals surface area contributed by atoms with Crippen LogP contribution < -0.4 is 21.5 Å². The number of nitrogens with one attached hydrogen (secondary N) is 4. The van der Waals surface area contributed by atoms with Crippen molar-refractivity contribution in [2.75, 3.05) is 6.54 Å². The average molecular weight is 494 g/mol. The lowest BCUT2D eigenvalue weighted by molar-refractivity contribution is -0.184. The number of carbonyl (C=O) groups excluding carboxylic acids is 1. The Kier molecular flexibility index (Phi) is 8.84. The van der Waals surface area contributed by atoms with Crippen LogP contribution in [0.25, 0.3) is 0 Å². The van der Waals surface area contributed by atoms with Gasteiger partial charge < -0.3 is 10.4 Å². The number of aliphatic hydroxyl groups excluding tert-OH is 1. The Balaban J connectivity index is 1.57. The summed E-state index contributed by atoms with van der Waals surface area (Å²) in [5.41, 5.74) is 6.09. The van der Waals surface area contributed by atoms with Crippen LogP contribution >= 0.6 is 0 Å². The van der Waals surface area contributed by atoms with Crippen molar-refractivity contribution in [2.45, 2.75) is 103 Å². The quantitative estimate of drug-likeness (QED) is 0.236. The summed E-state index contributed by atoms with van der Waals surface area (Å²) in [6.07, 6.45) is -4.01. The first kappa shape index (κ1) is 27.1. The van der Waals surface area contributed by atoms with Gasteiger partial charge in [-0.3, -0.25) is 20.5 Å². The molecule has 0 aromatic carbocycles. The number of guanidine groups is 1. The first-order valence-electron chi connectivity index (χ1n) is 12.3. The van der Waals surface area contributed by atoms with E-state index in [1.807, 2.05) is 20.8 Å². The average Bonchev–Trinajstić information content (AvgIpc) is 3.19. The second-order valence-electron chi connectivity index (χ2n) is 11.3. The summed E-state index contributed by atoms with van der Waals surface area (Å²) in [5, 5.41) is 15.7. The number of aliphatic imine (C=N–C) groups is 1. The molecule has 1 aliphatic heterocycles. The number of hydrogen-bond acceptors (Lipinski definition) is 5. The molecule has 0 aromatic heterocycles. The highest BCUT2D eigenvalue weighted by atomic mass is 19.4. The summed E-state index contributed by atoms with van der Waals surface area (Å²) in [7, 11) is 0. The zero-order valence-corrected chi connectivity index (χ0v) is 20.2. The van der Waals surface area contributed by atoms with Crippen molar-refractivity contribution in [3.63, 3.8) is 0 Å². The molecule has 5 atom stereocenters. The van der Waals surface area contributed by atoms with E-state index in [2.05, 4.69) is 26.5 Å². The Morgan fingerprint density at radius 2 is 1.71 bits per heavy atom. The second-order valence-corrected chi connectivity index (χ2v) is 11.3. The van der Waals surface area contributed by atoms with Crippen LogP contribution in [0.2, 0.25) is 0 Å². The Hall–Kier alpha value is -1.46. The largest absolute Gasteiger partial charge is 0.393 e. The van der Waals surface area contributed by atoms with Crippen molar-refractivity contribution in [1.82, 2.24) is 21.5 Å². The van der Waals surface area contributed by atoms with E-state index in [0.717, 1.165) is 0 Å². The van der Waals surface area contributed by atoms with Gasteiger partial charge in [-0.2, -0.15) is 13.2 Å². The van der Waals surface area contributed by atoms with Crippen LogP contribution in [-0.2, 0) is 4.79 Å². The molecule has 2 saturated carbocycles. The summed E-state index contributed by atoms with van der Waals surface area (Å²) in [5.74, 6) is -2.09. The Bertz CT molecular complexity index is 719. The van der Waals surface area contributed by atoms with E-state index in [1.165, 1.54) is 0 Å². The Labute approximate surface area is 198 Å². The van der Waals surface area contributed by atoms with Crippen molar-refractivity contribution in [3.8, 4) is 0 Å². The number of hydrogen-bond donors (Lipinski definition) is 5. The zero-order valence-electron chi connectivity index (χ0n) is 20.2. The lowest BCUT2D eigenvalue weighted by Gasteiger charge is -2.32. The van der Waals surface area contributed by atoms with Crippen LogP contribution in [0.4, 0.5) is 17.6 Å². The van der Waals surface area contributed by atoms with Gasteiger partial charge in [0.2, 0.25) is 5.91 Å². The van der Waals surface area contributed by atoms with Gasteiger partial charge in [0.15, 0.2) is 5.96 Å². The number of rotatable bonds is 4. The highest BCUT2D eigenvalue weighted by Gasteiger charge is 2.43.